The summed E-state index contributed by atoms with van der Waals surface area (Å²) in [7, 11) is 1.56. The minimum atomic E-state index is -0.458. The van der Waals surface area contributed by atoms with Crippen molar-refractivity contribution in [1.29, 1.82) is 0 Å². The highest BCUT2D eigenvalue weighted by Gasteiger charge is 2.33. The Morgan fingerprint density at radius 1 is 1.24 bits per heavy atom. The lowest BCUT2D eigenvalue weighted by Gasteiger charge is -2.16. The van der Waals surface area contributed by atoms with Crippen molar-refractivity contribution < 1.29 is 14.4 Å². The molecule has 1 unspecified atom stereocenters. The van der Waals surface area contributed by atoms with Crippen LogP contribution in [0.3, 0.4) is 0 Å². The number of nitrogens with one attached hydrogen (secondary N) is 2. The molecule has 0 saturated carbocycles. The molecule has 0 aliphatic carbocycles. The number of benzene rings is 1. The van der Waals surface area contributed by atoms with Gasteiger partial charge >= 0.3 is 0 Å². The Morgan fingerprint density at radius 3 is 2.56 bits per heavy atom. The second kappa shape index (κ2) is 7.69. The molecule has 2 N–H and O–H groups in total. The van der Waals surface area contributed by atoms with E-state index in [4.69, 9.17) is 0 Å². The van der Waals surface area contributed by atoms with Gasteiger partial charge in [0.25, 0.3) is 11.8 Å². The molecule has 1 aromatic rings. The maximum atomic E-state index is 12.2. The molecule has 132 valence electrons. The summed E-state index contributed by atoms with van der Waals surface area (Å²) >= 11 is 1.38. The first-order valence-electron chi connectivity index (χ1n) is 8.23. The average molecular weight is 360 g/mol. The smallest absolute Gasteiger partial charge is 0.262 e. The minimum Gasteiger partial charge on any atom is -0.355 e. The number of anilines is 1. The van der Waals surface area contributed by atoms with Gasteiger partial charge in [-0.05, 0) is 37.1 Å². The van der Waals surface area contributed by atoms with Gasteiger partial charge in [0.2, 0.25) is 5.91 Å². The van der Waals surface area contributed by atoms with Gasteiger partial charge in [-0.1, -0.05) is 11.8 Å². The summed E-state index contributed by atoms with van der Waals surface area (Å²) in [5.74, 6) is -0.661. The topological polar surface area (TPSA) is 90.9 Å². The fourth-order valence-electron chi connectivity index (χ4n) is 2.78. The van der Waals surface area contributed by atoms with Gasteiger partial charge in [0.15, 0.2) is 5.17 Å². The standard InChI is InChI=1S/C17H20N4O3S/c1-18-15(23)11-4-6-12(7-5-11)19-14(22)10-13-16(24)20-17(25-13)21-8-2-3-9-21/h4-7,13H,2-3,8-10H2,1H3,(H,18,23)(H,19,22). The fourth-order valence-corrected chi connectivity index (χ4v) is 3.90. The molecule has 0 radical (unpaired) electrons. The van der Waals surface area contributed by atoms with Gasteiger partial charge in [0.05, 0.1) is 0 Å². The molecule has 0 aromatic heterocycles. The van der Waals surface area contributed by atoms with Crippen LogP contribution in [0.15, 0.2) is 29.3 Å². The molecule has 1 atom stereocenters. The molecule has 2 aliphatic rings. The molecular formula is C17H20N4O3S. The first kappa shape index (κ1) is 17.5. The maximum absolute atomic E-state index is 12.2. The van der Waals surface area contributed by atoms with Gasteiger partial charge in [-0.3, -0.25) is 14.4 Å². The van der Waals surface area contributed by atoms with Crippen molar-refractivity contribution in [2.24, 2.45) is 4.99 Å². The number of hydrogen-bond acceptors (Lipinski definition) is 5. The van der Waals surface area contributed by atoms with Gasteiger partial charge < -0.3 is 15.5 Å². The quantitative estimate of drug-likeness (QED) is 0.848. The Kier molecular flexibility index (Phi) is 5.37. The Hall–Kier alpha value is -2.35. The second-order valence-corrected chi connectivity index (χ2v) is 7.11. The number of carbonyl (C=O) groups excluding carboxylic acids is 3. The van der Waals surface area contributed by atoms with Crippen LogP contribution in [0.25, 0.3) is 0 Å². The molecule has 0 spiro atoms. The minimum absolute atomic E-state index is 0.0849. The number of thioether (sulfide) groups is 1. The van der Waals surface area contributed by atoms with Crippen LogP contribution in [0.5, 0.6) is 0 Å². The van der Waals surface area contributed by atoms with Gasteiger partial charge in [-0.2, -0.15) is 4.99 Å². The van der Waals surface area contributed by atoms with Crippen molar-refractivity contribution in [3.05, 3.63) is 29.8 Å². The third-order valence-electron chi connectivity index (χ3n) is 4.13. The Balaban J connectivity index is 1.53. The van der Waals surface area contributed by atoms with E-state index in [0.29, 0.717) is 11.3 Å². The molecule has 3 amide bonds. The van der Waals surface area contributed by atoms with E-state index in [9.17, 15) is 14.4 Å². The van der Waals surface area contributed by atoms with Crippen molar-refractivity contribution in [3.63, 3.8) is 0 Å². The van der Waals surface area contributed by atoms with Crippen LogP contribution in [0.4, 0.5) is 5.69 Å². The molecule has 1 aromatic carbocycles. The number of aliphatic imine (C=N–C) groups is 1. The number of amidine groups is 1. The van der Waals surface area contributed by atoms with Gasteiger partial charge in [-0.25, -0.2) is 0 Å². The first-order valence-corrected chi connectivity index (χ1v) is 9.11. The zero-order valence-electron chi connectivity index (χ0n) is 13.9. The van der Waals surface area contributed by atoms with E-state index in [-0.39, 0.29) is 24.1 Å². The molecule has 1 saturated heterocycles. The van der Waals surface area contributed by atoms with Gasteiger partial charge in [0.1, 0.15) is 5.25 Å². The van der Waals surface area contributed by atoms with Gasteiger partial charge in [-0.15, -0.1) is 0 Å². The molecule has 8 heteroatoms. The largest absolute Gasteiger partial charge is 0.355 e. The predicted molar refractivity (Wildman–Crippen MR) is 97.7 cm³/mol. The lowest BCUT2D eigenvalue weighted by Crippen LogP contribution is -2.25. The van der Waals surface area contributed by atoms with Crippen LogP contribution in [0.1, 0.15) is 29.6 Å². The van der Waals surface area contributed by atoms with E-state index in [1.54, 1.807) is 31.3 Å². The van der Waals surface area contributed by atoms with E-state index in [1.165, 1.54) is 11.8 Å². The van der Waals surface area contributed by atoms with Crippen molar-refractivity contribution >= 4 is 40.3 Å². The second-order valence-electron chi connectivity index (χ2n) is 5.94. The maximum Gasteiger partial charge on any atom is 0.262 e. The zero-order chi connectivity index (χ0) is 17.8. The monoisotopic (exact) mass is 360 g/mol. The Bertz CT molecular complexity index is 711. The third-order valence-corrected chi connectivity index (χ3v) is 5.35. The van der Waals surface area contributed by atoms with E-state index in [0.717, 1.165) is 31.1 Å². The summed E-state index contributed by atoms with van der Waals surface area (Å²) in [6.07, 6.45) is 2.32. The summed E-state index contributed by atoms with van der Waals surface area (Å²) in [4.78, 5) is 41.9. The number of carbonyl (C=O) groups is 3. The average Bonchev–Trinajstić information content (AvgIpc) is 3.25. The van der Waals surface area contributed by atoms with E-state index < -0.39 is 5.25 Å². The van der Waals surface area contributed by atoms with Gasteiger partial charge in [0, 0.05) is 37.8 Å². The van der Waals surface area contributed by atoms with Crippen LogP contribution < -0.4 is 10.6 Å². The van der Waals surface area contributed by atoms with Crippen LogP contribution in [-0.4, -0.2) is 53.2 Å². The lowest BCUT2D eigenvalue weighted by molar-refractivity contribution is -0.121. The molecule has 25 heavy (non-hydrogen) atoms. The normalized spacial score (nSPS) is 19.7. The van der Waals surface area contributed by atoms with Crippen LogP contribution in [0, 0.1) is 0 Å². The summed E-state index contributed by atoms with van der Waals surface area (Å²) in [6.45, 7) is 1.85. The highest BCUT2D eigenvalue weighted by atomic mass is 32.2. The molecule has 3 rings (SSSR count). The molecule has 2 aliphatic heterocycles. The third kappa shape index (κ3) is 4.19. The molecule has 2 heterocycles. The zero-order valence-corrected chi connectivity index (χ0v) is 14.8. The lowest BCUT2D eigenvalue weighted by atomic mass is 10.2. The summed E-state index contributed by atoms with van der Waals surface area (Å²) in [5.41, 5.74) is 1.11. The van der Waals surface area contributed by atoms with Crippen LogP contribution in [0.2, 0.25) is 0 Å². The SMILES string of the molecule is CNC(=O)c1ccc(NC(=O)CC2SC(N3CCCC3)=NC2=O)cc1. The molecule has 1 fully saturated rings. The molecular weight excluding hydrogens is 340 g/mol. The molecule has 0 bridgehead atoms. The van der Waals surface area contributed by atoms with Crippen molar-refractivity contribution in [2.45, 2.75) is 24.5 Å². The predicted octanol–water partition coefficient (Wildman–Crippen LogP) is 1.47. The fraction of sp³-hybridized carbons (Fsp3) is 0.412. The number of likely N-dealkylation sites (tertiary alicyclic amines) is 1. The number of rotatable bonds is 4. The highest BCUT2D eigenvalue weighted by Crippen LogP contribution is 2.29. The number of amides is 3. The Labute approximate surface area is 150 Å². The summed E-state index contributed by atoms with van der Waals surface area (Å²) in [6, 6.07) is 6.60. The highest BCUT2D eigenvalue weighted by molar-refractivity contribution is 8.15. The van der Waals surface area contributed by atoms with E-state index >= 15 is 0 Å². The van der Waals surface area contributed by atoms with E-state index in [2.05, 4.69) is 20.5 Å². The van der Waals surface area contributed by atoms with Crippen molar-refractivity contribution in [2.75, 3.05) is 25.5 Å². The number of nitrogens with zero attached hydrogens (tertiary/aromatic N) is 2. The summed E-state index contributed by atoms with van der Waals surface area (Å²) in [5, 5.41) is 5.58. The van der Waals surface area contributed by atoms with Crippen LogP contribution >= 0.6 is 11.8 Å². The van der Waals surface area contributed by atoms with E-state index in [1.807, 2.05) is 0 Å². The first-order chi connectivity index (χ1) is 12.1. The van der Waals surface area contributed by atoms with Crippen molar-refractivity contribution in [1.82, 2.24) is 10.2 Å². The van der Waals surface area contributed by atoms with Crippen LogP contribution in [-0.2, 0) is 9.59 Å². The Morgan fingerprint density at radius 2 is 1.92 bits per heavy atom. The number of hydrogen-bond donors (Lipinski definition) is 2. The summed E-state index contributed by atoms with van der Waals surface area (Å²) < 4.78 is 0. The van der Waals surface area contributed by atoms with Crippen molar-refractivity contribution in [3.8, 4) is 0 Å². The molecule has 7 nitrogen and oxygen atoms in total.